The second-order valence-corrected chi connectivity index (χ2v) is 12.4. The van der Waals surface area contributed by atoms with Crippen molar-refractivity contribution in [3.05, 3.63) is 33.5 Å². The molecule has 0 unspecified atom stereocenters. The topological polar surface area (TPSA) is 34.2 Å². The fourth-order valence-electron chi connectivity index (χ4n) is 2.53. The van der Waals surface area contributed by atoms with Crippen molar-refractivity contribution in [2.24, 2.45) is 0 Å². The highest BCUT2D eigenvalue weighted by atomic mass is 127. The number of benzene rings is 1. The van der Waals surface area contributed by atoms with Crippen LogP contribution in [0.25, 0.3) is 10.9 Å². The van der Waals surface area contributed by atoms with Crippen molar-refractivity contribution in [3.63, 3.8) is 0 Å². The van der Waals surface area contributed by atoms with E-state index in [0.29, 0.717) is 19.6 Å². The predicted molar refractivity (Wildman–Crippen MR) is 100 cm³/mol. The Hall–Kier alpha value is -0.813. The van der Waals surface area contributed by atoms with Gasteiger partial charge >= 0.3 is 0 Å². The van der Waals surface area contributed by atoms with Gasteiger partial charge in [0.25, 0.3) is 0 Å². The molecule has 1 aliphatic rings. The fraction of sp³-hybridized carbons (Fsp3) is 0.412. The summed E-state index contributed by atoms with van der Waals surface area (Å²) in [5.74, 6) is 2.53. The van der Waals surface area contributed by atoms with Crippen LogP contribution in [0.2, 0.25) is 19.6 Å². The lowest BCUT2D eigenvalue weighted by atomic mass is 10.0. The van der Waals surface area contributed by atoms with Crippen LogP contribution >= 0.6 is 22.6 Å². The molecule has 1 aromatic heterocycles. The summed E-state index contributed by atoms with van der Waals surface area (Å²) in [6.45, 7) is 7.92. The van der Waals surface area contributed by atoms with Crippen molar-refractivity contribution >= 4 is 41.6 Å². The molecule has 116 valence electrons. The number of halogens is 1. The molecule has 0 atom stereocenters. The summed E-state index contributed by atoms with van der Waals surface area (Å²) in [6, 6.07) is 8.34. The van der Waals surface area contributed by atoms with Gasteiger partial charge in [0, 0.05) is 17.3 Å². The van der Waals surface area contributed by atoms with Gasteiger partial charge in [0.2, 0.25) is 5.79 Å². The molecule has 1 aromatic carbocycles. The number of fused-ring (bicyclic) bond motifs is 1. The van der Waals surface area contributed by atoms with Gasteiger partial charge in [0.1, 0.15) is 8.07 Å². The molecule has 2 heterocycles. The van der Waals surface area contributed by atoms with E-state index in [2.05, 4.69) is 76.9 Å². The average Bonchev–Trinajstić information content (AvgIpc) is 3.03. The van der Waals surface area contributed by atoms with E-state index < -0.39 is 13.9 Å². The molecule has 0 bridgehead atoms. The largest absolute Gasteiger partial charge is 0.350 e. The summed E-state index contributed by atoms with van der Waals surface area (Å²) in [5, 5.41) is 1.22. The van der Waals surface area contributed by atoms with Gasteiger partial charge in [-0.3, -0.25) is 0 Å². The normalized spacial score (nSPS) is 17.5. The van der Waals surface area contributed by atoms with Crippen LogP contribution in [0.5, 0.6) is 0 Å². The summed E-state index contributed by atoms with van der Waals surface area (Å²) in [6.07, 6.45) is 0.659. The highest BCUT2D eigenvalue weighted by Gasteiger charge is 2.37. The van der Waals surface area contributed by atoms with Crippen molar-refractivity contribution in [2.75, 3.05) is 13.2 Å². The minimum Gasteiger partial charge on any atom is -0.350 e. The third-order valence-corrected chi connectivity index (χ3v) is 5.35. The quantitative estimate of drug-likeness (QED) is 0.450. The monoisotopic (exact) mass is 425 g/mol. The molecule has 5 heteroatoms. The summed E-state index contributed by atoms with van der Waals surface area (Å²) in [7, 11) is -1.47. The predicted octanol–water partition coefficient (Wildman–Crippen LogP) is 3.94. The number of hydrogen-bond acceptors (Lipinski definition) is 2. The molecule has 3 rings (SSSR count). The zero-order valence-corrected chi connectivity index (χ0v) is 16.3. The molecule has 0 spiro atoms. The average molecular weight is 425 g/mol. The first kappa shape index (κ1) is 16.1. The SMILES string of the molecule is C[Si](C)(C)C#CC1(Cc2c(I)[nH]c3ccccc23)OCCO1. The second-order valence-electron chi connectivity index (χ2n) is 6.59. The van der Waals surface area contributed by atoms with Crippen molar-refractivity contribution < 1.29 is 9.47 Å². The summed E-state index contributed by atoms with van der Waals surface area (Å²) in [5.41, 5.74) is 5.78. The Morgan fingerprint density at radius 2 is 1.91 bits per heavy atom. The molecule has 0 aliphatic carbocycles. The standard InChI is InChI=1S/C17H20INO2Si/c1-22(2,3)11-8-17(20-9-10-21-17)12-14-13-6-4-5-7-15(13)19-16(14)18/h4-7,19H,9-10,12H2,1-3H3. The third-order valence-electron chi connectivity index (χ3n) is 3.55. The van der Waals surface area contributed by atoms with Crippen molar-refractivity contribution in [3.8, 4) is 11.5 Å². The maximum Gasteiger partial charge on any atom is 0.237 e. The lowest BCUT2D eigenvalue weighted by molar-refractivity contribution is -0.106. The Morgan fingerprint density at radius 1 is 1.23 bits per heavy atom. The lowest BCUT2D eigenvalue weighted by Crippen LogP contribution is -2.32. The molecular formula is C17H20INO2Si. The molecule has 0 saturated carbocycles. The van der Waals surface area contributed by atoms with E-state index in [9.17, 15) is 0 Å². The Balaban J connectivity index is 2.00. The van der Waals surface area contributed by atoms with Crippen LogP contribution in [-0.2, 0) is 15.9 Å². The van der Waals surface area contributed by atoms with Gasteiger partial charge in [-0.2, -0.15) is 0 Å². The van der Waals surface area contributed by atoms with E-state index in [1.807, 2.05) is 6.07 Å². The first-order valence-corrected chi connectivity index (χ1v) is 12.0. The van der Waals surface area contributed by atoms with Crippen LogP contribution in [0.1, 0.15) is 5.56 Å². The molecule has 22 heavy (non-hydrogen) atoms. The highest BCUT2D eigenvalue weighted by Crippen LogP contribution is 2.31. The van der Waals surface area contributed by atoms with Crippen LogP contribution in [0.4, 0.5) is 0 Å². The molecule has 0 amide bonds. The van der Waals surface area contributed by atoms with E-state index in [4.69, 9.17) is 9.47 Å². The Kier molecular flexibility index (Phi) is 4.38. The molecule has 1 aliphatic heterocycles. The van der Waals surface area contributed by atoms with E-state index in [1.54, 1.807) is 0 Å². The zero-order valence-electron chi connectivity index (χ0n) is 13.1. The number of aromatic amines is 1. The number of H-pyrrole nitrogens is 1. The number of para-hydroxylation sites is 1. The molecule has 2 aromatic rings. The van der Waals surface area contributed by atoms with Crippen LogP contribution in [-0.4, -0.2) is 32.1 Å². The first-order valence-electron chi connectivity index (χ1n) is 7.46. The lowest BCUT2D eigenvalue weighted by Gasteiger charge is -2.22. The Bertz CT molecular complexity index is 745. The molecular weight excluding hydrogens is 405 g/mol. The van der Waals surface area contributed by atoms with Gasteiger partial charge in [-0.15, -0.1) is 5.54 Å². The maximum atomic E-state index is 5.92. The van der Waals surface area contributed by atoms with Gasteiger partial charge in [-0.1, -0.05) is 37.8 Å². The van der Waals surface area contributed by atoms with E-state index in [1.165, 1.54) is 10.9 Å². The van der Waals surface area contributed by atoms with E-state index >= 15 is 0 Å². The van der Waals surface area contributed by atoms with Gasteiger partial charge in [0.05, 0.1) is 16.9 Å². The van der Waals surface area contributed by atoms with Crippen molar-refractivity contribution in [2.45, 2.75) is 31.8 Å². The minimum atomic E-state index is -1.47. The number of rotatable bonds is 2. The summed E-state index contributed by atoms with van der Waals surface area (Å²) >= 11 is 2.35. The minimum absolute atomic E-state index is 0.610. The Morgan fingerprint density at radius 3 is 2.59 bits per heavy atom. The number of aromatic nitrogens is 1. The first-order chi connectivity index (χ1) is 10.4. The molecule has 3 nitrogen and oxygen atoms in total. The van der Waals surface area contributed by atoms with Gasteiger partial charge in [-0.25, -0.2) is 0 Å². The van der Waals surface area contributed by atoms with E-state index in [0.717, 1.165) is 9.22 Å². The van der Waals surface area contributed by atoms with Crippen LogP contribution < -0.4 is 0 Å². The molecule has 1 fully saturated rings. The zero-order chi connectivity index (χ0) is 15.8. The van der Waals surface area contributed by atoms with E-state index in [-0.39, 0.29) is 0 Å². The summed E-state index contributed by atoms with van der Waals surface area (Å²) in [4.78, 5) is 3.43. The molecule has 1 N–H and O–H groups in total. The number of nitrogens with one attached hydrogen (secondary N) is 1. The third kappa shape index (κ3) is 3.40. The molecule has 0 radical (unpaired) electrons. The van der Waals surface area contributed by atoms with Crippen molar-refractivity contribution in [1.29, 1.82) is 0 Å². The number of ether oxygens (including phenoxy) is 2. The Labute approximate surface area is 145 Å². The second kappa shape index (κ2) is 6.00. The van der Waals surface area contributed by atoms with Gasteiger partial charge in [-0.05, 0) is 40.1 Å². The van der Waals surface area contributed by atoms with Gasteiger partial charge < -0.3 is 14.5 Å². The highest BCUT2D eigenvalue weighted by molar-refractivity contribution is 14.1. The van der Waals surface area contributed by atoms with Crippen molar-refractivity contribution in [1.82, 2.24) is 4.98 Å². The van der Waals surface area contributed by atoms with Crippen LogP contribution in [0.3, 0.4) is 0 Å². The summed E-state index contributed by atoms with van der Waals surface area (Å²) < 4.78 is 13.0. The smallest absolute Gasteiger partial charge is 0.237 e. The van der Waals surface area contributed by atoms with Crippen LogP contribution in [0.15, 0.2) is 24.3 Å². The number of hydrogen-bond donors (Lipinski definition) is 1. The maximum absolute atomic E-state index is 5.92. The fourth-order valence-corrected chi connectivity index (χ4v) is 3.87. The molecule has 1 saturated heterocycles. The van der Waals surface area contributed by atoms with Gasteiger partial charge in [0.15, 0.2) is 0 Å². The van der Waals surface area contributed by atoms with Crippen LogP contribution in [0, 0.1) is 15.2 Å².